The number of hydrogen-bond donors (Lipinski definition) is 1. The van der Waals surface area contributed by atoms with Crippen molar-refractivity contribution >= 4 is 0 Å². The monoisotopic (exact) mass is 269 g/mol. The Kier molecular flexibility index (Phi) is 6.57. The van der Waals surface area contributed by atoms with Gasteiger partial charge in [0.15, 0.2) is 0 Å². The molecule has 2 heterocycles. The minimum absolute atomic E-state index is 0.383. The Morgan fingerprint density at radius 3 is 2.89 bits per heavy atom. The molecule has 0 aromatic carbocycles. The zero-order chi connectivity index (χ0) is 13.5. The molecule has 0 spiro atoms. The van der Waals surface area contributed by atoms with Crippen molar-refractivity contribution in [3.8, 4) is 0 Å². The number of hydrogen-bond acceptors (Lipinski definition) is 4. The van der Waals surface area contributed by atoms with Crippen LogP contribution < -0.4 is 5.32 Å². The van der Waals surface area contributed by atoms with E-state index in [1.165, 1.54) is 45.3 Å². The van der Waals surface area contributed by atoms with Crippen molar-refractivity contribution in [1.29, 1.82) is 0 Å². The molecule has 0 bridgehead atoms. The summed E-state index contributed by atoms with van der Waals surface area (Å²) < 4.78 is 5.82. The topological polar surface area (TPSA) is 27.7 Å². The van der Waals surface area contributed by atoms with Crippen molar-refractivity contribution in [1.82, 2.24) is 15.1 Å². The molecular formula is C15H31N3O. The lowest BCUT2D eigenvalue weighted by Gasteiger charge is -2.38. The van der Waals surface area contributed by atoms with Crippen LogP contribution in [0.5, 0.6) is 0 Å². The van der Waals surface area contributed by atoms with Gasteiger partial charge in [-0.05, 0) is 52.4 Å². The van der Waals surface area contributed by atoms with Gasteiger partial charge in [0.05, 0.1) is 12.7 Å². The highest BCUT2D eigenvalue weighted by Crippen LogP contribution is 2.19. The molecule has 0 saturated carbocycles. The fourth-order valence-electron chi connectivity index (χ4n) is 3.47. The Morgan fingerprint density at radius 1 is 1.21 bits per heavy atom. The number of nitrogens with zero attached hydrogens (tertiary/aromatic N) is 2. The maximum atomic E-state index is 5.82. The third-order valence-electron chi connectivity index (χ3n) is 4.45. The number of morpholine rings is 1. The second kappa shape index (κ2) is 8.20. The molecule has 0 aromatic heterocycles. The minimum Gasteiger partial charge on any atom is -0.374 e. The molecule has 0 amide bonds. The average Bonchev–Trinajstić information content (AvgIpc) is 2.66. The van der Waals surface area contributed by atoms with Gasteiger partial charge in [0, 0.05) is 25.7 Å². The lowest BCUT2D eigenvalue weighted by atomic mass is 10.1. The molecule has 2 aliphatic heterocycles. The number of rotatable bonds is 5. The quantitative estimate of drug-likeness (QED) is 0.811. The third-order valence-corrected chi connectivity index (χ3v) is 4.45. The standard InChI is InChI=1S/C15H31N3O/c1-3-7-17-8-4-5-14(6-9-17)18-10-11-19-15(13-18)12-16-2/h14-16H,3-13H2,1-2H3. The van der Waals surface area contributed by atoms with Crippen LogP contribution in [0.4, 0.5) is 0 Å². The van der Waals surface area contributed by atoms with E-state index >= 15 is 0 Å². The van der Waals surface area contributed by atoms with Crippen LogP contribution in [0.15, 0.2) is 0 Å². The highest BCUT2D eigenvalue weighted by Gasteiger charge is 2.27. The van der Waals surface area contributed by atoms with Crippen molar-refractivity contribution in [3.05, 3.63) is 0 Å². The van der Waals surface area contributed by atoms with Crippen molar-refractivity contribution in [2.75, 3.05) is 52.9 Å². The zero-order valence-electron chi connectivity index (χ0n) is 12.7. The third kappa shape index (κ3) is 4.71. The Morgan fingerprint density at radius 2 is 2.11 bits per heavy atom. The predicted octanol–water partition coefficient (Wildman–Crippen LogP) is 1.17. The van der Waals surface area contributed by atoms with Crippen LogP contribution in [0, 0.1) is 0 Å². The summed E-state index contributed by atoms with van der Waals surface area (Å²) in [6, 6.07) is 0.783. The maximum Gasteiger partial charge on any atom is 0.0826 e. The molecule has 2 atom stereocenters. The van der Waals surface area contributed by atoms with Gasteiger partial charge in [-0.3, -0.25) is 4.90 Å². The highest BCUT2D eigenvalue weighted by atomic mass is 16.5. The Labute approximate surface area is 118 Å². The molecule has 19 heavy (non-hydrogen) atoms. The van der Waals surface area contributed by atoms with Gasteiger partial charge in [0.1, 0.15) is 0 Å². The minimum atomic E-state index is 0.383. The van der Waals surface area contributed by atoms with Crippen LogP contribution >= 0.6 is 0 Å². The van der Waals surface area contributed by atoms with Gasteiger partial charge in [-0.2, -0.15) is 0 Å². The smallest absolute Gasteiger partial charge is 0.0826 e. The van der Waals surface area contributed by atoms with Crippen molar-refractivity contribution in [2.45, 2.75) is 44.8 Å². The van der Waals surface area contributed by atoms with Crippen LogP contribution in [0.2, 0.25) is 0 Å². The normalized spacial score (nSPS) is 31.3. The molecular weight excluding hydrogens is 238 g/mol. The molecule has 0 aromatic rings. The fraction of sp³-hybridized carbons (Fsp3) is 1.00. The Bertz CT molecular complexity index is 248. The van der Waals surface area contributed by atoms with Gasteiger partial charge in [-0.15, -0.1) is 0 Å². The first-order valence-electron chi connectivity index (χ1n) is 8.06. The first-order chi connectivity index (χ1) is 9.33. The summed E-state index contributed by atoms with van der Waals surface area (Å²) in [7, 11) is 2.01. The first-order valence-corrected chi connectivity index (χ1v) is 8.06. The molecule has 2 saturated heterocycles. The van der Waals surface area contributed by atoms with Gasteiger partial charge in [-0.1, -0.05) is 6.92 Å². The Hall–Kier alpha value is -0.160. The van der Waals surface area contributed by atoms with Crippen molar-refractivity contribution in [3.63, 3.8) is 0 Å². The summed E-state index contributed by atoms with van der Waals surface area (Å²) in [5.74, 6) is 0. The van der Waals surface area contributed by atoms with Crippen LogP contribution in [0.1, 0.15) is 32.6 Å². The fourth-order valence-corrected chi connectivity index (χ4v) is 3.47. The molecule has 4 nitrogen and oxygen atoms in total. The number of likely N-dealkylation sites (N-methyl/N-ethyl adjacent to an activating group) is 1. The number of nitrogens with one attached hydrogen (secondary N) is 1. The summed E-state index contributed by atoms with van der Waals surface area (Å²) >= 11 is 0. The molecule has 4 heteroatoms. The average molecular weight is 269 g/mol. The molecule has 0 aliphatic carbocycles. The second-order valence-corrected chi connectivity index (χ2v) is 5.97. The first kappa shape index (κ1) is 15.2. The summed E-state index contributed by atoms with van der Waals surface area (Å²) in [6.45, 7) is 10.3. The van der Waals surface area contributed by atoms with Crippen molar-refractivity contribution in [2.24, 2.45) is 0 Å². The van der Waals surface area contributed by atoms with E-state index in [4.69, 9.17) is 4.74 Å². The van der Waals surface area contributed by atoms with Gasteiger partial charge in [0.25, 0.3) is 0 Å². The lowest BCUT2D eigenvalue weighted by Crippen LogP contribution is -2.50. The van der Waals surface area contributed by atoms with Gasteiger partial charge < -0.3 is 15.0 Å². The molecule has 1 N–H and O–H groups in total. The predicted molar refractivity (Wildman–Crippen MR) is 79.6 cm³/mol. The van der Waals surface area contributed by atoms with Crippen molar-refractivity contribution < 1.29 is 4.74 Å². The van der Waals surface area contributed by atoms with E-state index in [-0.39, 0.29) is 0 Å². The number of ether oxygens (including phenoxy) is 1. The van der Waals surface area contributed by atoms with Crippen LogP contribution in [0.3, 0.4) is 0 Å². The van der Waals surface area contributed by atoms with Gasteiger partial charge in [0.2, 0.25) is 0 Å². The second-order valence-electron chi connectivity index (χ2n) is 5.97. The largest absolute Gasteiger partial charge is 0.374 e. The molecule has 0 radical (unpaired) electrons. The highest BCUT2D eigenvalue weighted by molar-refractivity contribution is 4.82. The van der Waals surface area contributed by atoms with E-state index in [0.29, 0.717) is 6.10 Å². The van der Waals surface area contributed by atoms with E-state index in [0.717, 1.165) is 32.3 Å². The maximum absolute atomic E-state index is 5.82. The summed E-state index contributed by atoms with van der Waals surface area (Å²) in [6.07, 6.45) is 5.73. The van der Waals surface area contributed by atoms with Crippen LogP contribution in [-0.4, -0.2) is 74.9 Å². The van der Waals surface area contributed by atoms with E-state index in [1.807, 2.05) is 7.05 Å². The molecule has 112 valence electrons. The molecule has 2 rings (SSSR count). The molecule has 2 aliphatic rings. The van der Waals surface area contributed by atoms with Crippen LogP contribution in [0.25, 0.3) is 0 Å². The molecule has 2 fully saturated rings. The van der Waals surface area contributed by atoms with E-state index in [2.05, 4.69) is 22.0 Å². The van der Waals surface area contributed by atoms with Crippen LogP contribution in [-0.2, 0) is 4.74 Å². The van der Waals surface area contributed by atoms with Gasteiger partial charge >= 0.3 is 0 Å². The molecule has 2 unspecified atom stereocenters. The summed E-state index contributed by atoms with van der Waals surface area (Å²) in [5.41, 5.74) is 0. The summed E-state index contributed by atoms with van der Waals surface area (Å²) in [5, 5.41) is 3.24. The Balaban J connectivity index is 1.80. The SMILES string of the molecule is CCCN1CCCC(N2CCOC(CNC)C2)CC1. The zero-order valence-corrected chi connectivity index (χ0v) is 12.7. The summed E-state index contributed by atoms with van der Waals surface area (Å²) in [4.78, 5) is 5.33. The lowest BCUT2D eigenvalue weighted by molar-refractivity contribution is -0.0430. The van der Waals surface area contributed by atoms with E-state index < -0.39 is 0 Å². The van der Waals surface area contributed by atoms with E-state index in [1.54, 1.807) is 0 Å². The number of likely N-dealkylation sites (tertiary alicyclic amines) is 1. The van der Waals surface area contributed by atoms with E-state index in [9.17, 15) is 0 Å². The van der Waals surface area contributed by atoms with Gasteiger partial charge in [-0.25, -0.2) is 0 Å².